The molecule has 0 spiro atoms. The second-order valence-electron chi connectivity index (χ2n) is 4.82. The molecule has 3 aromatic rings. The van der Waals surface area contributed by atoms with Gasteiger partial charge in [-0.05, 0) is 43.3 Å². The van der Waals surface area contributed by atoms with Gasteiger partial charge in [0.1, 0.15) is 5.75 Å². The summed E-state index contributed by atoms with van der Waals surface area (Å²) in [4.78, 5) is 14.3. The number of aromatic nitrogens is 2. The summed E-state index contributed by atoms with van der Waals surface area (Å²) in [7, 11) is 1.64. The number of rotatable bonds is 4. The zero-order valence-corrected chi connectivity index (χ0v) is 13.2. The molecule has 3 rings (SSSR count). The summed E-state index contributed by atoms with van der Waals surface area (Å²) in [5.74, 6) is 0.803. The summed E-state index contributed by atoms with van der Waals surface area (Å²) in [6.45, 7) is 1.91. The molecule has 0 saturated carbocycles. The monoisotopic (exact) mass is 312 g/mol. The van der Waals surface area contributed by atoms with Crippen molar-refractivity contribution in [2.24, 2.45) is 0 Å². The first kappa shape index (κ1) is 14.5. The highest BCUT2D eigenvalue weighted by atomic mass is 32.2. The molecule has 1 heterocycles. The SMILES string of the molecule is COc1ccc(Sc2c(C)[nH]n(-c3ccccc3)c2=O)cc1. The van der Waals surface area contributed by atoms with Gasteiger partial charge in [-0.1, -0.05) is 30.0 Å². The number of para-hydroxylation sites is 1. The van der Waals surface area contributed by atoms with E-state index in [2.05, 4.69) is 5.10 Å². The first-order valence-electron chi connectivity index (χ1n) is 6.88. The molecule has 22 heavy (non-hydrogen) atoms. The minimum atomic E-state index is -0.0375. The van der Waals surface area contributed by atoms with Crippen LogP contribution in [-0.4, -0.2) is 16.9 Å². The maximum atomic E-state index is 12.6. The zero-order chi connectivity index (χ0) is 15.5. The van der Waals surface area contributed by atoms with Crippen LogP contribution >= 0.6 is 11.8 Å². The van der Waals surface area contributed by atoms with Crippen LogP contribution in [0.15, 0.2) is 69.2 Å². The number of nitrogens with zero attached hydrogens (tertiary/aromatic N) is 1. The van der Waals surface area contributed by atoms with E-state index in [0.717, 1.165) is 22.0 Å². The summed E-state index contributed by atoms with van der Waals surface area (Å²) in [6.07, 6.45) is 0. The number of methoxy groups -OCH3 is 1. The Morgan fingerprint density at radius 1 is 1.05 bits per heavy atom. The van der Waals surface area contributed by atoms with E-state index in [1.807, 2.05) is 61.5 Å². The Balaban J connectivity index is 1.94. The highest BCUT2D eigenvalue weighted by molar-refractivity contribution is 7.99. The predicted octanol–water partition coefficient (Wildman–Crippen LogP) is 3.63. The van der Waals surface area contributed by atoms with E-state index in [0.29, 0.717) is 4.90 Å². The summed E-state index contributed by atoms with van der Waals surface area (Å²) >= 11 is 1.46. The molecule has 0 aliphatic heterocycles. The largest absolute Gasteiger partial charge is 0.497 e. The Morgan fingerprint density at radius 3 is 2.36 bits per heavy atom. The van der Waals surface area contributed by atoms with Crippen molar-refractivity contribution < 1.29 is 4.74 Å². The molecule has 4 nitrogen and oxygen atoms in total. The topological polar surface area (TPSA) is 47.0 Å². The van der Waals surface area contributed by atoms with Crippen LogP contribution in [0.5, 0.6) is 5.75 Å². The van der Waals surface area contributed by atoms with Gasteiger partial charge < -0.3 is 4.74 Å². The Hall–Kier alpha value is -2.40. The molecule has 2 aromatic carbocycles. The molecule has 0 bridgehead atoms. The Kier molecular flexibility index (Phi) is 4.06. The molecule has 1 aromatic heterocycles. The average Bonchev–Trinajstić information content (AvgIpc) is 2.84. The quantitative estimate of drug-likeness (QED) is 0.800. The smallest absolute Gasteiger partial charge is 0.285 e. The lowest BCUT2D eigenvalue weighted by molar-refractivity contribution is 0.414. The lowest BCUT2D eigenvalue weighted by Crippen LogP contribution is -2.15. The van der Waals surface area contributed by atoms with Crippen LogP contribution in [0, 0.1) is 6.92 Å². The van der Waals surface area contributed by atoms with Gasteiger partial charge >= 0.3 is 0 Å². The standard InChI is InChI=1S/C17H16N2O2S/c1-12-16(22-15-10-8-14(21-2)9-11-15)17(20)19(18-12)13-6-4-3-5-7-13/h3-11,18H,1-2H3. The molecular formula is C17H16N2O2S. The highest BCUT2D eigenvalue weighted by Gasteiger charge is 2.13. The van der Waals surface area contributed by atoms with E-state index in [4.69, 9.17) is 4.74 Å². The zero-order valence-electron chi connectivity index (χ0n) is 12.4. The fraction of sp³-hybridized carbons (Fsp3) is 0.118. The van der Waals surface area contributed by atoms with Gasteiger partial charge in [-0.2, -0.15) is 0 Å². The van der Waals surface area contributed by atoms with Crippen molar-refractivity contribution in [2.45, 2.75) is 16.7 Å². The first-order valence-corrected chi connectivity index (χ1v) is 7.69. The van der Waals surface area contributed by atoms with E-state index in [9.17, 15) is 4.79 Å². The number of hydrogen-bond acceptors (Lipinski definition) is 3. The molecule has 112 valence electrons. The minimum Gasteiger partial charge on any atom is -0.497 e. The van der Waals surface area contributed by atoms with Crippen molar-refractivity contribution in [2.75, 3.05) is 7.11 Å². The number of benzene rings is 2. The third-order valence-electron chi connectivity index (χ3n) is 3.31. The van der Waals surface area contributed by atoms with Crippen LogP contribution in [-0.2, 0) is 0 Å². The molecule has 0 fully saturated rings. The van der Waals surface area contributed by atoms with E-state index in [-0.39, 0.29) is 5.56 Å². The molecule has 0 radical (unpaired) electrons. The van der Waals surface area contributed by atoms with Gasteiger partial charge in [0, 0.05) is 10.6 Å². The minimum absolute atomic E-state index is 0.0375. The van der Waals surface area contributed by atoms with Gasteiger partial charge in [0.25, 0.3) is 5.56 Å². The molecule has 0 atom stereocenters. The molecule has 0 unspecified atom stereocenters. The fourth-order valence-electron chi connectivity index (χ4n) is 2.17. The van der Waals surface area contributed by atoms with E-state index >= 15 is 0 Å². The van der Waals surface area contributed by atoms with Crippen molar-refractivity contribution in [3.05, 3.63) is 70.6 Å². The van der Waals surface area contributed by atoms with Gasteiger partial charge in [0.2, 0.25) is 0 Å². The second kappa shape index (κ2) is 6.15. The van der Waals surface area contributed by atoms with Crippen LogP contribution in [0.4, 0.5) is 0 Å². The molecular weight excluding hydrogens is 296 g/mol. The molecule has 0 aliphatic carbocycles. The van der Waals surface area contributed by atoms with E-state index in [1.165, 1.54) is 11.8 Å². The van der Waals surface area contributed by atoms with Gasteiger partial charge in [-0.25, -0.2) is 4.68 Å². The summed E-state index contributed by atoms with van der Waals surface area (Å²) in [5.41, 5.74) is 1.65. The Labute approximate surface area is 132 Å². The van der Waals surface area contributed by atoms with Crippen molar-refractivity contribution in [1.29, 1.82) is 0 Å². The van der Waals surface area contributed by atoms with Crippen LogP contribution < -0.4 is 10.3 Å². The molecule has 5 heteroatoms. The van der Waals surface area contributed by atoms with E-state index < -0.39 is 0 Å². The maximum absolute atomic E-state index is 12.6. The van der Waals surface area contributed by atoms with Crippen molar-refractivity contribution in [3.8, 4) is 11.4 Å². The number of hydrogen-bond donors (Lipinski definition) is 1. The summed E-state index contributed by atoms with van der Waals surface area (Å²) in [5, 5.41) is 3.13. The van der Waals surface area contributed by atoms with Crippen LogP contribution in [0.3, 0.4) is 0 Å². The fourth-order valence-corrected chi connectivity index (χ4v) is 3.06. The van der Waals surface area contributed by atoms with Crippen LogP contribution in [0.1, 0.15) is 5.69 Å². The predicted molar refractivity (Wildman–Crippen MR) is 88.2 cm³/mol. The van der Waals surface area contributed by atoms with Gasteiger partial charge in [-0.15, -0.1) is 0 Å². The first-order chi connectivity index (χ1) is 10.7. The number of ether oxygens (including phenoxy) is 1. The summed E-state index contributed by atoms with van der Waals surface area (Å²) in [6, 6.07) is 17.2. The van der Waals surface area contributed by atoms with Crippen molar-refractivity contribution in [3.63, 3.8) is 0 Å². The molecule has 1 N–H and O–H groups in total. The average molecular weight is 312 g/mol. The number of H-pyrrole nitrogens is 1. The molecule has 0 aliphatic rings. The van der Waals surface area contributed by atoms with Crippen LogP contribution in [0.2, 0.25) is 0 Å². The Bertz CT molecular complexity index is 820. The lowest BCUT2D eigenvalue weighted by Gasteiger charge is -2.02. The molecule has 0 saturated heterocycles. The number of aromatic amines is 1. The number of nitrogens with one attached hydrogen (secondary N) is 1. The third-order valence-corrected chi connectivity index (χ3v) is 4.50. The van der Waals surface area contributed by atoms with Crippen molar-refractivity contribution >= 4 is 11.8 Å². The molecule has 0 amide bonds. The highest BCUT2D eigenvalue weighted by Crippen LogP contribution is 2.28. The Morgan fingerprint density at radius 2 is 1.73 bits per heavy atom. The van der Waals surface area contributed by atoms with Gasteiger partial charge in [-0.3, -0.25) is 9.89 Å². The normalized spacial score (nSPS) is 10.6. The second-order valence-corrected chi connectivity index (χ2v) is 5.90. The van der Waals surface area contributed by atoms with Gasteiger partial charge in [0.15, 0.2) is 0 Å². The van der Waals surface area contributed by atoms with Crippen LogP contribution in [0.25, 0.3) is 5.69 Å². The van der Waals surface area contributed by atoms with E-state index in [1.54, 1.807) is 11.8 Å². The lowest BCUT2D eigenvalue weighted by atomic mass is 10.3. The number of aryl methyl sites for hydroxylation is 1. The third kappa shape index (κ3) is 2.80. The van der Waals surface area contributed by atoms with Gasteiger partial charge in [0.05, 0.1) is 17.7 Å². The summed E-state index contributed by atoms with van der Waals surface area (Å²) < 4.78 is 6.72. The van der Waals surface area contributed by atoms with Crippen molar-refractivity contribution in [1.82, 2.24) is 9.78 Å². The maximum Gasteiger partial charge on any atom is 0.285 e.